The first-order valence-corrected chi connectivity index (χ1v) is 14.7. The Kier molecular flexibility index (Phi) is 8.18. The predicted molar refractivity (Wildman–Crippen MR) is 146 cm³/mol. The van der Waals surface area contributed by atoms with Crippen molar-refractivity contribution in [3.63, 3.8) is 0 Å². The molecule has 3 heterocycles. The summed E-state index contributed by atoms with van der Waals surface area (Å²) < 4.78 is 30.6. The highest BCUT2D eigenvalue weighted by Crippen LogP contribution is 2.49. The third kappa shape index (κ3) is 6.73. The van der Waals surface area contributed by atoms with Crippen molar-refractivity contribution in [3.05, 3.63) is 29.8 Å². The lowest BCUT2D eigenvalue weighted by Gasteiger charge is -2.59. The standard InChI is InChI=1S/C31H49NO6/c1-23(24-12-14-26(15-13-24)33-16-27-17-34-27)38-32-28(2,3)18-31(19-29(32,4)5)36-21-30(6,22-37-31)20-35-25-10-8-7-9-11-25/h12-15,23,25,27H,7-11,16-22H2,1-6H3. The van der Waals surface area contributed by atoms with Crippen LogP contribution in [0, 0.1) is 5.41 Å². The fourth-order valence-electron chi connectivity index (χ4n) is 6.57. The number of piperidine rings is 1. The molecule has 38 heavy (non-hydrogen) atoms. The SMILES string of the molecule is CC(ON1C(C)(C)CC2(CC1(C)C)OCC(C)(COC1CCCCC1)CO2)c1ccc(OCC2CO2)cc1. The molecule has 1 aliphatic carbocycles. The average molecular weight is 532 g/mol. The molecule has 0 bridgehead atoms. The van der Waals surface area contributed by atoms with Gasteiger partial charge in [0.1, 0.15) is 24.6 Å². The maximum atomic E-state index is 6.68. The van der Waals surface area contributed by atoms with Gasteiger partial charge in [-0.25, -0.2) is 0 Å². The summed E-state index contributed by atoms with van der Waals surface area (Å²) in [5, 5.41) is 2.18. The summed E-state index contributed by atoms with van der Waals surface area (Å²) in [6.45, 7) is 16.7. The summed E-state index contributed by atoms with van der Waals surface area (Å²) in [5.41, 5.74) is 0.442. The summed E-state index contributed by atoms with van der Waals surface area (Å²) >= 11 is 0. The van der Waals surface area contributed by atoms with E-state index < -0.39 is 5.79 Å². The lowest BCUT2D eigenvalue weighted by atomic mass is 9.77. The number of rotatable bonds is 9. The van der Waals surface area contributed by atoms with Gasteiger partial charge >= 0.3 is 0 Å². The Labute approximate surface area is 229 Å². The van der Waals surface area contributed by atoms with E-state index in [4.69, 9.17) is 28.5 Å². The molecule has 0 aromatic heterocycles. The topological polar surface area (TPSA) is 61.9 Å². The van der Waals surface area contributed by atoms with Crippen LogP contribution in [0.4, 0.5) is 0 Å². The molecule has 1 aromatic rings. The molecule has 0 radical (unpaired) electrons. The number of benzene rings is 1. The lowest BCUT2D eigenvalue weighted by molar-refractivity contribution is -0.390. The van der Waals surface area contributed by atoms with Gasteiger partial charge in [-0.2, -0.15) is 5.06 Å². The minimum atomic E-state index is -0.606. The normalized spacial score (nSPS) is 29.2. The van der Waals surface area contributed by atoms with Crippen LogP contribution in [0.15, 0.2) is 24.3 Å². The maximum Gasteiger partial charge on any atom is 0.171 e. The van der Waals surface area contributed by atoms with Crippen LogP contribution in [0.2, 0.25) is 0 Å². The second kappa shape index (κ2) is 11.0. The van der Waals surface area contributed by atoms with Crippen molar-refractivity contribution >= 4 is 0 Å². The molecule has 2 atom stereocenters. The van der Waals surface area contributed by atoms with Gasteiger partial charge in [-0.3, -0.25) is 4.84 Å². The Morgan fingerprint density at radius 1 is 0.921 bits per heavy atom. The van der Waals surface area contributed by atoms with E-state index in [0.29, 0.717) is 32.5 Å². The monoisotopic (exact) mass is 531 g/mol. The fraction of sp³-hybridized carbons (Fsp3) is 0.806. The van der Waals surface area contributed by atoms with E-state index in [9.17, 15) is 0 Å². The molecule has 1 saturated carbocycles. The van der Waals surface area contributed by atoms with Crippen molar-refractivity contribution in [2.45, 2.75) is 122 Å². The summed E-state index contributed by atoms with van der Waals surface area (Å²) in [6, 6.07) is 8.20. The molecule has 2 unspecified atom stereocenters. The molecule has 7 nitrogen and oxygen atoms in total. The van der Waals surface area contributed by atoms with Crippen molar-refractivity contribution in [3.8, 4) is 5.75 Å². The molecule has 4 aliphatic rings. The first-order valence-electron chi connectivity index (χ1n) is 14.7. The molecule has 0 N–H and O–H groups in total. The first-order chi connectivity index (χ1) is 18.0. The zero-order valence-corrected chi connectivity index (χ0v) is 24.4. The predicted octanol–water partition coefficient (Wildman–Crippen LogP) is 6.21. The largest absolute Gasteiger partial charge is 0.491 e. The highest BCUT2D eigenvalue weighted by atomic mass is 16.7. The summed E-state index contributed by atoms with van der Waals surface area (Å²) in [4.78, 5) is 6.68. The summed E-state index contributed by atoms with van der Waals surface area (Å²) in [6.07, 6.45) is 8.33. The van der Waals surface area contributed by atoms with E-state index in [2.05, 4.69) is 58.7 Å². The van der Waals surface area contributed by atoms with Crippen molar-refractivity contribution in [1.29, 1.82) is 0 Å². The minimum Gasteiger partial charge on any atom is -0.491 e. The molecule has 7 heteroatoms. The van der Waals surface area contributed by atoms with E-state index in [0.717, 1.165) is 30.8 Å². The number of nitrogens with zero attached hydrogens (tertiary/aromatic N) is 1. The highest BCUT2D eigenvalue weighted by Gasteiger charge is 2.57. The van der Waals surface area contributed by atoms with E-state index >= 15 is 0 Å². The van der Waals surface area contributed by atoms with Gasteiger partial charge in [-0.05, 0) is 65.2 Å². The highest BCUT2D eigenvalue weighted by molar-refractivity contribution is 5.28. The van der Waals surface area contributed by atoms with Crippen LogP contribution >= 0.6 is 0 Å². The van der Waals surface area contributed by atoms with Gasteiger partial charge in [0.15, 0.2) is 5.79 Å². The Bertz CT molecular complexity index is 893. The average Bonchev–Trinajstić information content (AvgIpc) is 3.71. The molecule has 4 fully saturated rings. The first kappa shape index (κ1) is 28.3. The quantitative estimate of drug-likeness (QED) is 0.351. The third-order valence-electron chi connectivity index (χ3n) is 8.54. The number of hydrogen-bond acceptors (Lipinski definition) is 7. The van der Waals surface area contributed by atoms with Crippen LogP contribution in [-0.2, 0) is 23.8 Å². The van der Waals surface area contributed by atoms with Gasteiger partial charge in [0, 0.05) is 29.3 Å². The van der Waals surface area contributed by atoms with E-state index in [1.807, 2.05) is 12.1 Å². The summed E-state index contributed by atoms with van der Waals surface area (Å²) in [7, 11) is 0. The second-order valence-corrected chi connectivity index (χ2v) is 13.7. The Balaban J connectivity index is 1.17. The van der Waals surface area contributed by atoms with Crippen LogP contribution in [0.1, 0.15) is 98.2 Å². The van der Waals surface area contributed by atoms with Crippen LogP contribution in [0.3, 0.4) is 0 Å². The Hall–Kier alpha value is -1.22. The van der Waals surface area contributed by atoms with E-state index in [-0.39, 0.29) is 28.7 Å². The summed E-state index contributed by atoms with van der Waals surface area (Å²) in [5.74, 6) is 0.254. The fourth-order valence-corrected chi connectivity index (χ4v) is 6.57. The molecule has 1 aromatic carbocycles. The van der Waals surface area contributed by atoms with Gasteiger partial charge in [0.05, 0.1) is 32.5 Å². The molecular weight excluding hydrogens is 482 g/mol. The maximum absolute atomic E-state index is 6.68. The zero-order valence-electron chi connectivity index (χ0n) is 24.4. The van der Waals surface area contributed by atoms with Gasteiger partial charge in [0.2, 0.25) is 0 Å². The molecule has 1 spiro atoms. The lowest BCUT2D eigenvalue weighted by Crippen LogP contribution is -2.68. The molecule has 0 amide bonds. The van der Waals surface area contributed by atoms with Gasteiger partial charge in [0.25, 0.3) is 0 Å². The number of hydroxylamine groups is 2. The number of ether oxygens (including phenoxy) is 5. The van der Waals surface area contributed by atoms with Gasteiger partial charge in [-0.1, -0.05) is 38.3 Å². The van der Waals surface area contributed by atoms with E-state index in [1.165, 1.54) is 32.1 Å². The van der Waals surface area contributed by atoms with Crippen molar-refractivity contribution < 1.29 is 28.5 Å². The van der Waals surface area contributed by atoms with Crippen LogP contribution < -0.4 is 4.74 Å². The van der Waals surface area contributed by atoms with Crippen molar-refractivity contribution in [2.75, 3.05) is 33.0 Å². The molecule has 3 aliphatic heterocycles. The number of epoxide rings is 1. The molecule has 5 rings (SSSR count). The third-order valence-corrected chi connectivity index (χ3v) is 8.54. The second-order valence-electron chi connectivity index (χ2n) is 13.7. The minimum absolute atomic E-state index is 0.100. The van der Waals surface area contributed by atoms with Crippen molar-refractivity contribution in [1.82, 2.24) is 5.06 Å². The van der Waals surface area contributed by atoms with Crippen molar-refractivity contribution in [2.24, 2.45) is 5.41 Å². The van der Waals surface area contributed by atoms with E-state index in [1.54, 1.807) is 0 Å². The van der Waals surface area contributed by atoms with Gasteiger partial charge < -0.3 is 23.7 Å². The van der Waals surface area contributed by atoms with Crippen LogP contribution in [0.25, 0.3) is 0 Å². The van der Waals surface area contributed by atoms with Gasteiger partial charge in [-0.15, -0.1) is 0 Å². The molecule has 3 saturated heterocycles. The molecule has 214 valence electrons. The zero-order chi connectivity index (χ0) is 27.0. The smallest absolute Gasteiger partial charge is 0.171 e. The number of hydrogen-bond donors (Lipinski definition) is 0. The van der Waals surface area contributed by atoms with Crippen LogP contribution in [0.5, 0.6) is 5.75 Å². The Morgan fingerprint density at radius 3 is 2.11 bits per heavy atom. The Morgan fingerprint density at radius 2 is 1.53 bits per heavy atom. The molecular formula is C31H49NO6. The van der Waals surface area contributed by atoms with Crippen LogP contribution in [-0.4, -0.2) is 67.2 Å².